The first-order valence-electron chi connectivity index (χ1n) is 8.43. The van der Waals surface area contributed by atoms with E-state index in [1.54, 1.807) is 6.33 Å². The Hall–Kier alpha value is -2.14. The Labute approximate surface area is 136 Å². The molecule has 0 radical (unpaired) electrons. The summed E-state index contributed by atoms with van der Waals surface area (Å²) in [5.74, 6) is 1.83. The van der Waals surface area contributed by atoms with Gasteiger partial charge in [-0.1, -0.05) is 18.2 Å². The number of nitrogens with one attached hydrogen (secondary N) is 1. The molecule has 1 saturated heterocycles. The van der Waals surface area contributed by atoms with Crippen molar-refractivity contribution in [2.24, 2.45) is 0 Å². The third-order valence-corrected chi connectivity index (χ3v) is 4.57. The minimum Gasteiger partial charge on any atom is -0.376 e. The topological polar surface area (TPSA) is 50.3 Å². The molecule has 1 fully saturated rings. The van der Waals surface area contributed by atoms with Gasteiger partial charge in [-0.3, -0.25) is 0 Å². The lowest BCUT2D eigenvalue weighted by Gasteiger charge is -2.30. The highest BCUT2D eigenvalue weighted by Crippen LogP contribution is 2.32. The zero-order valence-corrected chi connectivity index (χ0v) is 13.2. The largest absolute Gasteiger partial charge is 0.376 e. The molecule has 2 aromatic rings. The molecule has 1 aromatic heterocycles. The van der Waals surface area contributed by atoms with Gasteiger partial charge < -0.3 is 15.0 Å². The van der Waals surface area contributed by atoms with E-state index in [0.717, 1.165) is 57.0 Å². The summed E-state index contributed by atoms with van der Waals surface area (Å²) in [7, 11) is 0. The average molecular weight is 310 g/mol. The van der Waals surface area contributed by atoms with Crippen LogP contribution in [0.3, 0.4) is 0 Å². The van der Waals surface area contributed by atoms with Crippen molar-refractivity contribution in [1.29, 1.82) is 0 Å². The van der Waals surface area contributed by atoms with Gasteiger partial charge in [-0.25, -0.2) is 9.97 Å². The molecule has 0 saturated carbocycles. The molecule has 120 valence electrons. The van der Waals surface area contributed by atoms with Crippen LogP contribution in [0.25, 0.3) is 0 Å². The minimum absolute atomic E-state index is 0.309. The maximum atomic E-state index is 5.65. The van der Waals surface area contributed by atoms with Crippen LogP contribution < -0.4 is 10.2 Å². The van der Waals surface area contributed by atoms with Crippen molar-refractivity contribution >= 4 is 17.3 Å². The molecule has 1 unspecified atom stereocenters. The molecule has 1 aromatic carbocycles. The number of fused-ring (bicyclic) bond motifs is 1. The van der Waals surface area contributed by atoms with E-state index in [4.69, 9.17) is 4.74 Å². The predicted octanol–water partition coefficient (Wildman–Crippen LogP) is 3.15. The third-order valence-electron chi connectivity index (χ3n) is 4.57. The van der Waals surface area contributed by atoms with Crippen LogP contribution in [0.5, 0.6) is 0 Å². The summed E-state index contributed by atoms with van der Waals surface area (Å²) in [6, 6.07) is 10.6. The lowest BCUT2D eigenvalue weighted by molar-refractivity contribution is 0.120. The molecule has 0 bridgehead atoms. The standard InChI is InChI=1S/C18H22N4O/c1-2-8-16-14(5-1)6-3-9-22(16)18-11-17(20-13-21-18)19-12-15-7-4-10-23-15/h1-2,5,8,11,13,15H,3-4,6-7,9-10,12H2,(H,19,20,21). The monoisotopic (exact) mass is 310 g/mol. The molecule has 0 spiro atoms. The van der Waals surface area contributed by atoms with Gasteiger partial charge in [0, 0.05) is 31.5 Å². The lowest BCUT2D eigenvalue weighted by atomic mass is 10.0. The number of nitrogens with zero attached hydrogens (tertiary/aromatic N) is 3. The van der Waals surface area contributed by atoms with E-state index in [0.29, 0.717) is 6.10 Å². The Morgan fingerprint density at radius 3 is 3.09 bits per heavy atom. The number of benzene rings is 1. The Morgan fingerprint density at radius 2 is 2.17 bits per heavy atom. The van der Waals surface area contributed by atoms with Crippen molar-refractivity contribution in [2.45, 2.75) is 31.8 Å². The van der Waals surface area contributed by atoms with E-state index in [9.17, 15) is 0 Å². The molecule has 2 aliphatic rings. The van der Waals surface area contributed by atoms with Crippen molar-refractivity contribution in [3.05, 3.63) is 42.2 Å². The molecule has 1 atom stereocenters. The molecule has 3 heterocycles. The van der Waals surface area contributed by atoms with Gasteiger partial charge >= 0.3 is 0 Å². The molecule has 1 N–H and O–H groups in total. The van der Waals surface area contributed by atoms with Crippen molar-refractivity contribution in [2.75, 3.05) is 29.9 Å². The van der Waals surface area contributed by atoms with E-state index < -0.39 is 0 Å². The van der Waals surface area contributed by atoms with Gasteiger partial charge in [0.1, 0.15) is 18.0 Å². The van der Waals surface area contributed by atoms with Crippen molar-refractivity contribution < 1.29 is 4.74 Å². The second-order valence-electron chi connectivity index (χ2n) is 6.16. The average Bonchev–Trinajstić information content (AvgIpc) is 3.13. The van der Waals surface area contributed by atoms with Crippen LogP contribution in [0.15, 0.2) is 36.7 Å². The molecule has 23 heavy (non-hydrogen) atoms. The molecule has 5 heteroatoms. The van der Waals surface area contributed by atoms with Crippen LogP contribution in [-0.4, -0.2) is 35.8 Å². The number of para-hydroxylation sites is 1. The number of hydrogen-bond acceptors (Lipinski definition) is 5. The Balaban J connectivity index is 1.52. The summed E-state index contributed by atoms with van der Waals surface area (Å²) in [5.41, 5.74) is 2.66. The van der Waals surface area contributed by atoms with Crippen LogP contribution in [0.1, 0.15) is 24.8 Å². The van der Waals surface area contributed by atoms with Gasteiger partial charge in [0.25, 0.3) is 0 Å². The molecule has 0 amide bonds. The number of ether oxygens (including phenoxy) is 1. The predicted molar refractivity (Wildman–Crippen MR) is 91.3 cm³/mol. The fraction of sp³-hybridized carbons (Fsp3) is 0.444. The normalized spacial score (nSPS) is 20.3. The molecule has 4 rings (SSSR count). The summed E-state index contributed by atoms with van der Waals surface area (Å²) in [4.78, 5) is 11.1. The van der Waals surface area contributed by atoms with E-state index in [1.807, 2.05) is 6.07 Å². The number of anilines is 3. The van der Waals surface area contributed by atoms with Crippen LogP contribution in [0, 0.1) is 0 Å². The fourth-order valence-corrected chi connectivity index (χ4v) is 3.39. The van der Waals surface area contributed by atoms with Crippen molar-refractivity contribution in [1.82, 2.24) is 9.97 Å². The van der Waals surface area contributed by atoms with Gasteiger partial charge in [-0.2, -0.15) is 0 Å². The molecule has 2 aliphatic heterocycles. The summed E-state index contributed by atoms with van der Waals surface area (Å²) in [6.45, 7) is 2.69. The van der Waals surface area contributed by atoms with Crippen LogP contribution >= 0.6 is 0 Å². The van der Waals surface area contributed by atoms with E-state index >= 15 is 0 Å². The maximum Gasteiger partial charge on any atom is 0.138 e. The maximum absolute atomic E-state index is 5.65. The number of rotatable bonds is 4. The Bertz CT molecular complexity index is 670. The highest BCUT2D eigenvalue weighted by Gasteiger charge is 2.19. The van der Waals surface area contributed by atoms with Crippen LogP contribution in [0.2, 0.25) is 0 Å². The number of aryl methyl sites for hydroxylation is 1. The summed E-state index contributed by atoms with van der Waals surface area (Å²) < 4.78 is 5.65. The molecule has 0 aliphatic carbocycles. The van der Waals surface area contributed by atoms with E-state index in [1.165, 1.54) is 11.3 Å². The van der Waals surface area contributed by atoms with E-state index in [-0.39, 0.29) is 0 Å². The first kappa shape index (κ1) is 14.5. The smallest absolute Gasteiger partial charge is 0.138 e. The second kappa shape index (κ2) is 6.54. The second-order valence-corrected chi connectivity index (χ2v) is 6.16. The minimum atomic E-state index is 0.309. The van der Waals surface area contributed by atoms with E-state index in [2.05, 4.69) is 44.5 Å². The highest BCUT2D eigenvalue weighted by atomic mass is 16.5. The fourth-order valence-electron chi connectivity index (χ4n) is 3.39. The van der Waals surface area contributed by atoms with Gasteiger partial charge in [-0.05, 0) is 37.3 Å². The van der Waals surface area contributed by atoms with Gasteiger partial charge in [0.05, 0.1) is 6.10 Å². The van der Waals surface area contributed by atoms with Gasteiger partial charge in [0.2, 0.25) is 0 Å². The summed E-state index contributed by atoms with van der Waals surface area (Å²) in [6.07, 6.45) is 6.53. The van der Waals surface area contributed by atoms with Crippen molar-refractivity contribution in [3.63, 3.8) is 0 Å². The van der Waals surface area contributed by atoms with Crippen LogP contribution in [-0.2, 0) is 11.2 Å². The first-order chi connectivity index (χ1) is 11.4. The van der Waals surface area contributed by atoms with Crippen molar-refractivity contribution in [3.8, 4) is 0 Å². The molecular weight excluding hydrogens is 288 g/mol. The third kappa shape index (κ3) is 3.15. The zero-order valence-electron chi connectivity index (χ0n) is 13.2. The highest BCUT2D eigenvalue weighted by molar-refractivity contribution is 5.66. The lowest BCUT2D eigenvalue weighted by Crippen LogP contribution is -2.25. The summed E-state index contributed by atoms with van der Waals surface area (Å²) >= 11 is 0. The zero-order chi connectivity index (χ0) is 15.5. The Kier molecular flexibility index (Phi) is 4.11. The molecule has 5 nitrogen and oxygen atoms in total. The molecular formula is C18H22N4O. The number of hydrogen-bond donors (Lipinski definition) is 1. The van der Waals surface area contributed by atoms with Gasteiger partial charge in [-0.15, -0.1) is 0 Å². The first-order valence-corrected chi connectivity index (χ1v) is 8.43. The Morgan fingerprint density at radius 1 is 1.22 bits per heavy atom. The summed E-state index contributed by atoms with van der Waals surface area (Å²) in [5, 5.41) is 3.39. The van der Waals surface area contributed by atoms with Gasteiger partial charge in [0.15, 0.2) is 0 Å². The number of aromatic nitrogens is 2. The SMILES string of the molecule is c1ccc2c(c1)CCCN2c1cc(NCC2CCCO2)ncn1. The quantitative estimate of drug-likeness (QED) is 0.940. The van der Waals surface area contributed by atoms with Crippen LogP contribution in [0.4, 0.5) is 17.3 Å².